The molecule has 130 valence electrons. The first-order valence-corrected chi connectivity index (χ1v) is 9.25. The van der Waals surface area contributed by atoms with Crippen molar-refractivity contribution in [2.45, 2.75) is 0 Å². The second-order valence-corrected chi connectivity index (χ2v) is 7.52. The monoisotopic (exact) mass is 406 g/mol. The molecule has 1 heterocycles. The molecular weight excluding hydrogens is 387 g/mol. The minimum absolute atomic E-state index is 0.0335. The molecule has 0 saturated heterocycles. The first kappa shape index (κ1) is 17.4. The summed E-state index contributed by atoms with van der Waals surface area (Å²) in [7, 11) is 6.35. The molecule has 3 rings (SSSR count). The van der Waals surface area contributed by atoms with Crippen molar-refractivity contribution in [3.63, 3.8) is 0 Å². The van der Waals surface area contributed by atoms with Crippen LogP contribution in [0.1, 0.15) is 0 Å². The van der Waals surface area contributed by atoms with Gasteiger partial charge in [-0.25, -0.2) is 0 Å². The van der Waals surface area contributed by atoms with Crippen LogP contribution in [0.5, 0.6) is 23.0 Å². The number of benzene rings is 2. The second-order valence-electron chi connectivity index (χ2n) is 5.25. The van der Waals surface area contributed by atoms with Crippen molar-refractivity contribution in [2.75, 3.05) is 28.4 Å². The Balaban J connectivity index is 2.19. The third kappa shape index (κ3) is 3.23. The first-order valence-electron chi connectivity index (χ1n) is 7.53. The normalized spacial score (nSPS) is 10.6. The van der Waals surface area contributed by atoms with Gasteiger partial charge in [0.05, 0.1) is 0 Å². The van der Waals surface area contributed by atoms with Crippen molar-refractivity contribution in [2.24, 2.45) is 0 Å². The molecule has 0 radical (unpaired) electrons. The summed E-state index contributed by atoms with van der Waals surface area (Å²) in [5.74, 6) is 2.49. The van der Waals surface area contributed by atoms with Gasteiger partial charge in [-0.05, 0) is 0 Å². The predicted molar refractivity (Wildman–Crippen MR) is 98.8 cm³/mol. The quantitative estimate of drug-likeness (QED) is 0.611. The third-order valence-corrected chi connectivity index (χ3v) is 6.27. The molecule has 0 atom stereocenters. The van der Waals surface area contributed by atoms with E-state index in [0.29, 0.717) is 28.4 Å². The Morgan fingerprint density at radius 1 is 0.720 bits per heavy atom. The van der Waals surface area contributed by atoms with Crippen LogP contribution < -0.4 is 24.4 Å². The molecule has 2 aromatic carbocycles. The van der Waals surface area contributed by atoms with Crippen molar-refractivity contribution in [1.82, 2.24) is 0 Å². The molecule has 0 fully saturated rings. The molecule has 25 heavy (non-hydrogen) atoms. The Morgan fingerprint density at radius 2 is 1.32 bits per heavy atom. The summed E-state index contributed by atoms with van der Waals surface area (Å²) in [5.41, 5.74) is 0.917. The van der Waals surface area contributed by atoms with Gasteiger partial charge >= 0.3 is 151 Å². The standard InChI is InChI=1S/C19H18O5Se/c1-21-14-6-5-11(7-15(14)22-2)18-9-13(20)12-8-16(23-3)17(24-4)10-19(12)25-18/h5-10H,1-4H3. The molecule has 0 amide bonds. The number of hydrogen-bond donors (Lipinski definition) is 0. The van der Waals surface area contributed by atoms with E-state index in [1.165, 1.54) is 0 Å². The Morgan fingerprint density at radius 3 is 1.96 bits per heavy atom. The zero-order chi connectivity index (χ0) is 18.0. The van der Waals surface area contributed by atoms with Crippen LogP contribution in [0.2, 0.25) is 0 Å². The Hall–Kier alpha value is -2.43. The van der Waals surface area contributed by atoms with E-state index < -0.39 is 0 Å². The molecule has 0 bridgehead atoms. The fourth-order valence-corrected chi connectivity index (χ4v) is 4.89. The first-order chi connectivity index (χ1) is 12.1. The minimum atomic E-state index is -0.0393. The maximum absolute atomic E-state index is 12.6. The number of ether oxygens (including phenoxy) is 4. The van der Waals surface area contributed by atoms with Gasteiger partial charge in [-0.2, -0.15) is 0 Å². The molecule has 0 aliphatic carbocycles. The molecule has 0 N–H and O–H groups in total. The van der Waals surface area contributed by atoms with Gasteiger partial charge in [0.15, 0.2) is 0 Å². The number of rotatable bonds is 5. The van der Waals surface area contributed by atoms with Crippen LogP contribution in [0.4, 0.5) is 0 Å². The van der Waals surface area contributed by atoms with E-state index >= 15 is 0 Å². The molecule has 0 unspecified atom stereocenters. The van der Waals surface area contributed by atoms with Crippen LogP contribution in [0.25, 0.3) is 19.6 Å². The fraction of sp³-hybridized carbons (Fsp3) is 0.211. The average Bonchev–Trinajstić information content (AvgIpc) is 2.66. The summed E-state index contributed by atoms with van der Waals surface area (Å²) in [6.07, 6.45) is 0. The van der Waals surface area contributed by atoms with Gasteiger partial charge in [-0.1, -0.05) is 0 Å². The van der Waals surface area contributed by atoms with E-state index in [1.807, 2.05) is 24.3 Å². The van der Waals surface area contributed by atoms with E-state index in [-0.39, 0.29) is 19.9 Å². The fourth-order valence-electron chi connectivity index (χ4n) is 2.61. The van der Waals surface area contributed by atoms with Gasteiger partial charge in [-0.3, -0.25) is 0 Å². The summed E-state index contributed by atoms with van der Waals surface area (Å²) in [6.45, 7) is 0. The van der Waals surface area contributed by atoms with Gasteiger partial charge in [0.2, 0.25) is 0 Å². The molecular formula is C19H18O5Se. The topological polar surface area (TPSA) is 54.0 Å². The van der Waals surface area contributed by atoms with Crippen molar-refractivity contribution < 1.29 is 18.9 Å². The summed E-state index contributed by atoms with van der Waals surface area (Å²) in [4.78, 5) is 12.6. The van der Waals surface area contributed by atoms with Gasteiger partial charge < -0.3 is 0 Å². The third-order valence-electron chi connectivity index (χ3n) is 3.90. The number of hydrogen-bond acceptors (Lipinski definition) is 5. The van der Waals surface area contributed by atoms with Gasteiger partial charge in [0.25, 0.3) is 0 Å². The van der Waals surface area contributed by atoms with E-state index in [1.54, 1.807) is 40.6 Å². The molecule has 5 nitrogen and oxygen atoms in total. The molecule has 6 heteroatoms. The van der Waals surface area contributed by atoms with Crippen LogP contribution >= 0.6 is 0 Å². The van der Waals surface area contributed by atoms with Gasteiger partial charge in [0, 0.05) is 0 Å². The Bertz CT molecular complexity index is 977. The molecule has 0 aliphatic rings. The molecule has 1 aromatic heterocycles. The molecule has 0 spiro atoms. The molecule has 3 aromatic rings. The van der Waals surface area contributed by atoms with E-state index in [9.17, 15) is 4.79 Å². The van der Waals surface area contributed by atoms with E-state index in [4.69, 9.17) is 18.9 Å². The maximum atomic E-state index is 12.6. The van der Waals surface area contributed by atoms with Crippen molar-refractivity contribution >= 4 is 24.1 Å². The summed E-state index contributed by atoms with van der Waals surface area (Å²) in [6, 6.07) is 11.0. The SMILES string of the molecule is COc1ccc(-c2cc(=O)c3cc(OC)c(OC)cc3[se]2)cc1OC. The van der Waals surface area contributed by atoms with Gasteiger partial charge in [-0.15, -0.1) is 0 Å². The zero-order valence-electron chi connectivity index (χ0n) is 14.4. The average molecular weight is 405 g/mol. The predicted octanol–water partition coefficient (Wildman–Crippen LogP) is 2.96. The summed E-state index contributed by atoms with van der Waals surface area (Å²) < 4.78 is 23.3. The van der Waals surface area contributed by atoms with Crippen molar-refractivity contribution in [1.29, 1.82) is 0 Å². The Labute approximate surface area is 151 Å². The number of fused-ring (bicyclic) bond motifs is 1. The zero-order valence-corrected chi connectivity index (χ0v) is 16.1. The van der Waals surface area contributed by atoms with Crippen LogP contribution in [-0.4, -0.2) is 42.9 Å². The second kappa shape index (κ2) is 7.21. The van der Waals surface area contributed by atoms with Crippen LogP contribution in [0.15, 0.2) is 41.2 Å². The molecule has 0 saturated carbocycles. The van der Waals surface area contributed by atoms with E-state index in [0.717, 1.165) is 14.3 Å². The van der Waals surface area contributed by atoms with E-state index in [2.05, 4.69) is 0 Å². The molecule has 0 aliphatic heterocycles. The summed E-state index contributed by atoms with van der Waals surface area (Å²) in [5, 5.41) is 0.668. The van der Waals surface area contributed by atoms with Crippen molar-refractivity contribution in [3.8, 4) is 33.0 Å². The van der Waals surface area contributed by atoms with Gasteiger partial charge in [0.1, 0.15) is 0 Å². The van der Waals surface area contributed by atoms with Crippen LogP contribution in [-0.2, 0) is 0 Å². The summed E-state index contributed by atoms with van der Waals surface area (Å²) >= 11 is -0.0393. The van der Waals surface area contributed by atoms with Crippen LogP contribution in [0.3, 0.4) is 0 Å². The Kier molecular flexibility index (Phi) is 5.02. The van der Waals surface area contributed by atoms with Crippen LogP contribution in [0, 0.1) is 0 Å². The number of methoxy groups -OCH3 is 4. The van der Waals surface area contributed by atoms with Crippen molar-refractivity contribution in [3.05, 3.63) is 46.6 Å².